The lowest BCUT2D eigenvalue weighted by Crippen LogP contribution is -2.31. The minimum Gasteiger partial charge on any atom is -0.495 e. The second-order valence-corrected chi connectivity index (χ2v) is 8.77. The number of anilines is 1. The lowest BCUT2D eigenvalue weighted by Gasteiger charge is -2.28. The third-order valence-electron chi connectivity index (χ3n) is 5.01. The van der Waals surface area contributed by atoms with E-state index in [0.717, 1.165) is 47.9 Å². The summed E-state index contributed by atoms with van der Waals surface area (Å²) in [6.07, 6.45) is 4.41. The summed E-state index contributed by atoms with van der Waals surface area (Å²) in [5, 5.41) is 13.9. The molecule has 0 radical (unpaired) electrons. The van der Waals surface area contributed by atoms with Crippen LogP contribution in [-0.2, 0) is 12.2 Å². The summed E-state index contributed by atoms with van der Waals surface area (Å²) in [6.45, 7) is 6.26. The highest BCUT2D eigenvalue weighted by atomic mass is 32.2. The third-order valence-corrected chi connectivity index (χ3v) is 5.92. The van der Waals surface area contributed by atoms with Crippen LogP contribution in [0.4, 0.5) is 5.95 Å². The Kier molecular flexibility index (Phi) is 6.56. The summed E-state index contributed by atoms with van der Waals surface area (Å²) < 4.78 is 13.1. The van der Waals surface area contributed by atoms with E-state index in [1.807, 2.05) is 24.3 Å². The molecule has 8 nitrogen and oxygen atoms in total. The molecule has 1 fully saturated rings. The molecule has 0 unspecified atom stereocenters. The van der Waals surface area contributed by atoms with E-state index in [4.69, 9.17) is 9.26 Å². The van der Waals surface area contributed by atoms with Crippen LogP contribution in [0.1, 0.15) is 44.8 Å². The molecule has 0 bridgehead atoms. The molecular formula is C21H28N6O2S. The Morgan fingerprint density at radius 1 is 1.13 bits per heavy atom. The molecule has 0 saturated carbocycles. The average Bonchev–Trinajstić information content (AvgIpc) is 3.39. The molecule has 9 heteroatoms. The smallest absolute Gasteiger partial charge is 0.237 e. The average molecular weight is 429 g/mol. The first-order valence-corrected chi connectivity index (χ1v) is 11.4. The zero-order valence-corrected chi connectivity index (χ0v) is 18.6. The van der Waals surface area contributed by atoms with Gasteiger partial charge in [-0.3, -0.25) is 4.57 Å². The molecule has 0 N–H and O–H groups in total. The van der Waals surface area contributed by atoms with Gasteiger partial charge in [0.25, 0.3) is 0 Å². The quantitative estimate of drug-likeness (QED) is 0.495. The lowest BCUT2D eigenvalue weighted by atomic mass is 10.1. The van der Waals surface area contributed by atoms with Crippen molar-refractivity contribution in [2.45, 2.75) is 50.4 Å². The summed E-state index contributed by atoms with van der Waals surface area (Å²) in [6, 6.07) is 7.96. The Bertz CT molecular complexity index is 964. The standard InChI is InChI=1S/C21H28N6O2S/c1-15(2)13-18-22-19(29-25-18)14-30-21-24-23-20(26-11-7-4-8-12-26)27(21)16-9-5-6-10-17(16)28-3/h5-6,9-10,15H,4,7-8,11-14H2,1-3H3. The maximum absolute atomic E-state index is 5.62. The summed E-state index contributed by atoms with van der Waals surface area (Å²) in [4.78, 5) is 6.81. The van der Waals surface area contributed by atoms with Crippen molar-refractivity contribution < 1.29 is 9.26 Å². The van der Waals surface area contributed by atoms with Crippen LogP contribution in [0.5, 0.6) is 5.75 Å². The van der Waals surface area contributed by atoms with E-state index in [0.29, 0.717) is 17.6 Å². The molecule has 160 valence electrons. The molecule has 1 aliphatic rings. The van der Waals surface area contributed by atoms with Gasteiger partial charge in [0.15, 0.2) is 11.0 Å². The highest BCUT2D eigenvalue weighted by Crippen LogP contribution is 2.33. The van der Waals surface area contributed by atoms with Gasteiger partial charge in [-0.1, -0.05) is 42.9 Å². The van der Waals surface area contributed by atoms with Gasteiger partial charge < -0.3 is 14.2 Å². The number of para-hydroxylation sites is 2. The largest absolute Gasteiger partial charge is 0.495 e. The van der Waals surface area contributed by atoms with Crippen molar-refractivity contribution in [3.05, 3.63) is 36.0 Å². The van der Waals surface area contributed by atoms with Gasteiger partial charge in [-0.25, -0.2) is 0 Å². The van der Waals surface area contributed by atoms with Crippen LogP contribution in [0, 0.1) is 5.92 Å². The van der Waals surface area contributed by atoms with Crippen LogP contribution in [0.15, 0.2) is 33.9 Å². The van der Waals surface area contributed by atoms with Crippen molar-refractivity contribution in [3.63, 3.8) is 0 Å². The molecule has 2 aromatic heterocycles. The third kappa shape index (κ3) is 4.61. The fraction of sp³-hybridized carbons (Fsp3) is 0.524. The maximum atomic E-state index is 5.62. The molecule has 1 saturated heterocycles. The number of hydrogen-bond acceptors (Lipinski definition) is 8. The predicted octanol–water partition coefficient (Wildman–Crippen LogP) is 4.14. The molecular weight excluding hydrogens is 400 g/mol. The molecule has 0 aliphatic carbocycles. The number of aromatic nitrogens is 5. The number of nitrogens with zero attached hydrogens (tertiary/aromatic N) is 6. The van der Waals surface area contributed by atoms with E-state index in [-0.39, 0.29) is 0 Å². The van der Waals surface area contributed by atoms with Crippen LogP contribution >= 0.6 is 11.8 Å². The van der Waals surface area contributed by atoms with E-state index < -0.39 is 0 Å². The summed E-state index contributed by atoms with van der Waals surface area (Å²) in [5.74, 6) is 4.02. The van der Waals surface area contributed by atoms with E-state index in [2.05, 4.69) is 43.7 Å². The molecule has 3 aromatic rings. The van der Waals surface area contributed by atoms with Crippen LogP contribution < -0.4 is 9.64 Å². The van der Waals surface area contributed by atoms with Gasteiger partial charge in [0.1, 0.15) is 5.75 Å². The number of hydrogen-bond donors (Lipinski definition) is 0. The lowest BCUT2D eigenvalue weighted by molar-refractivity contribution is 0.382. The molecule has 0 amide bonds. The minimum absolute atomic E-state index is 0.490. The Hall–Kier alpha value is -2.55. The number of piperidine rings is 1. The summed E-state index contributed by atoms with van der Waals surface area (Å²) in [5.41, 5.74) is 0.930. The van der Waals surface area contributed by atoms with Crippen LogP contribution in [0.25, 0.3) is 5.69 Å². The number of benzene rings is 1. The first-order chi connectivity index (χ1) is 14.7. The number of thioether (sulfide) groups is 1. The van der Waals surface area contributed by atoms with E-state index in [1.54, 1.807) is 18.9 Å². The van der Waals surface area contributed by atoms with Gasteiger partial charge in [-0.05, 0) is 37.3 Å². The Morgan fingerprint density at radius 3 is 2.70 bits per heavy atom. The van der Waals surface area contributed by atoms with Gasteiger partial charge in [0.2, 0.25) is 11.8 Å². The molecule has 0 spiro atoms. The first-order valence-electron chi connectivity index (χ1n) is 10.4. The van der Waals surface area contributed by atoms with Crippen molar-refractivity contribution in [3.8, 4) is 11.4 Å². The molecule has 3 heterocycles. The van der Waals surface area contributed by atoms with Crippen molar-refractivity contribution in [1.82, 2.24) is 24.9 Å². The second-order valence-electron chi connectivity index (χ2n) is 7.83. The Balaban J connectivity index is 1.62. The normalized spacial score (nSPS) is 14.5. The van der Waals surface area contributed by atoms with Gasteiger partial charge in [-0.15, -0.1) is 10.2 Å². The zero-order valence-electron chi connectivity index (χ0n) is 17.7. The van der Waals surface area contributed by atoms with Gasteiger partial charge in [0, 0.05) is 19.5 Å². The second kappa shape index (κ2) is 9.51. The van der Waals surface area contributed by atoms with Gasteiger partial charge in [0.05, 0.1) is 18.6 Å². The van der Waals surface area contributed by atoms with Crippen molar-refractivity contribution in [2.75, 3.05) is 25.1 Å². The van der Waals surface area contributed by atoms with Crippen LogP contribution in [0.2, 0.25) is 0 Å². The zero-order chi connectivity index (χ0) is 20.9. The molecule has 1 aliphatic heterocycles. The van der Waals surface area contributed by atoms with E-state index in [1.165, 1.54) is 19.3 Å². The van der Waals surface area contributed by atoms with Gasteiger partial charge >= 0.3 is 0 Å². The molecule has 4 rings (SSSR count). The highest BCUT2D eigenvalue weighted by molar-refractivity contribution is 7.98. The molecule has 1 aromatic carbocycles. The Morgan fingerprint density at radius 2 is 1.93 bits per heavy atom. The van der Waals surface area contributed by atoms with Gasteiger partial charge in [-0.2, -0.15) is 4.98 Å². The predicted molar refractivity (Wildman–Crippen MR) is 116 cm³/mol. The fourth-order valence-electron chi connectivity index (χ4n) is 3.60. The molecule has 30 heavy (non-hydrogen) atoms. The van der Waals surface area contributed by atoms with Crippen LogP contribution in [-0.4, -0.2) is 45.1 Å². The number of rotatable bonds is 8. The minimum atomic E-state index is 0.490. The SMILES string of the molecule is COc1ccccc1-n1c(SCc2nc(CC(C)C)no2)nnc1N1CCCCC1. The van der Waals surface area contributed by atoms with Crippen molar-refractivity contribution in [1.29, 1.82) is 0 Å². The summed E-state index contributed by atoms with van der Waals surface area (Å²) in [7, 11) is 1.69. The maximum Gasteiger partial charge on any atom is 0.237 e. The number of ether oxygens (including phenoxy) is 1. The summed E-state index contributed by atoms with van der Waals surface area (Å²) >= 11 is 1.54. The molecule has 0 atom stereocenters. The van der Waals surface area contributed by atoms with Crippen LogP contribution in [0.3, 0.4) is 0 Å². The van der Waals surface area contributed by atoms with Crippen molar-refractivity contribution in [2.24, 2.45) is 5.92 Å². The van der Waals surface area contributed by atoms with E-state index in [9.17, 15) is 0 Å². The topological polar surface area (TPSA) is 82.1 Å². The fourth-order valence-corrected chi connectivity index (χ4v) is 4.38. The van der Waals surface area contributed by atoms with Crippen molar-refractivity contribution >= 4 is 17.7 Å². The monoisotopic (exact) mass is 428 g/mol. The highest BCUT2D eigenvalue weighted by Gasteiger charge is 2.23. The first kappa shape index (κ1) is 20.7. The van der Waals surface area contributed by atoms with E-state index >= 15 is 0 Å². The Labute approximate surface area is 181 Å². The number of methoxy groups -OCH3 is 1.